The van der Waals surface area contributed by atoms with Crippen molar-refractivity contribution in [2.75, 3.05) is 16.8 Å². The molecule has 1 aliphatic rings. The lowest BCUT2D eigenvalue weighted by Crippen LogP contribution is -2.26. The van der Waals surface area contributed by atoms with E-state index < -0.39 is 5.82 Å². The minimum absolute atomic E-state index is 0.0727. The van der Waals surface area contributed by atoms with Crippen LogP contribution in [0.25, 0.3) is 0 Å². The Kier molecular flexibility index (Phi) is 3.50. The van der Waals surface area contributed by atoms with Crippen LogP contribution in [0.15, 0.2) is 18.2 Å². The van der Waals surface area contributed by atoms with E-state index in [1.807, 2.05) is 0 Å². The Bertz CT molecular complexity index is 406. The zero-order valence-electron chi connectivity index (χ0n) is 8.42. The van der Waals surface area contributed by atoms with Gasteiger partial charge in [-0.1, -0.05) is 33.6 Å². The number of rotatable bonds is 2. The number of hydrogen-bond donors (Lipinski definition) is 0. The van der Waals surface area contributed by atoms with Gasteiger partial charge in [0.2, 0.25) is 5.91 Å². The number of carbonyl (C=O) groups excluding carboxylic acids is 1. The Morgan fingerprint density at radius 1 is 1.56 bits per heavy atom. The van der Waals surface area contributed by atoms with E-state index >= 15 is 0 Å². The van der Waals surface area contributed by atoms with E-state index in [1.54, 1.807) is 6.07 Å². The van der Waals surface area contributed by atoms with Crippen molar-refractivity contribution >= 4 is 39.1 Å². The molecule has 0 N–H and O–H groups in total. The standard InChI is InChI=1S/C11H10BrClFNO/c12-5-7-4-10(16)15(6-7)11-8(13)2-1-3-9(11)14/h1-3,7H,4-6H2. The molecule has 1 saturated heterocycles. The van der Waals surface area contributed by atoms with Crippen molar-refractivity contribution in [1.29, 1.82) is 0 Å². The fourth-order valence-corrected chi connectivity index (χ4v) is 2.55. The maximum Gasteiger partial charge on any atom is 0.227 e. The first kappa shape index (κ1) is 11.9. The zero-order chi connectivity index (χ0) is 11.7. The molecule has 0 aliphatic carbocycles. The lowest BCUT2D eigenvalue weighted by Gasteiger charge is -2.18. The van der Waals surface area contributed by atoms with Gasteiger partial charge in [-0.05, 0) is 18.1 Å². The molecule has 1 fully saturated rings. The lowest BCUT2D eigenvalue weighted by molar-refractivity contribution is -0.117. The van der Waals surface area contributed by atoms with Crippen molar-refractivity contribution in [2.24, 2.45) is 5.92 Å². The van der Waals surface area contributed by atoms with Gasteiger partial charge in [0.25, 0.3) is 0 Å². The molecule has 1 amide bonds. The van der Waals surface area contributed by atoms with E-state index in [9.17, 15) is 9.18 Å². The van der Waals surface area contributed by atoms with Crippen LogP contribution in [-0.2, 0) is 4.79 Å². The first-order chi connectivity index (χ1) is 7.63. The second-order valence-electron chi connectivity index (χ2n) is 3.80. The van der Waals surface area contributed by atoms with Crippen LogP contribution in [0.5, 0.6) is 0 Å². The van der Waals surface area contributed by atoms with Gasteiger partial charge < -0.3 is 4.90 Å². The van der Waals surface area contributed by atoms with Gasteiger partial charge in [-0.15, -0.1) is 0 Å². The maximum absolute atomic E-state index is 13.6. The molecule has 2 nitrogen and oxygen atoms in total. The molecule has 16 heavy (non-hydrogen) atoms. The predicted octanol–water partition coefficient (Wildman–Crippen LogP) is 3.23. The maximum atomic E-state index is 13.6. The molecule has 0 radical (unpaired) electrons. The van der Waals surface area contributed by atoms with Gasteiger partial charge in [-0.3, -0.25) is 4.79 Å². The first-order valence-electron chi connectivity index (χ1n) is 4.94. The number of benzene rings is 1. The Labute approximate surface area is 107 Å². The summed E-state index contributed by atoms with van der Waals surface area (Å²) >= 11 is 9.26. The molecule has 0 bridgehead atoms. The molecule has 1 atom stereocenters. The molecule has 1 aromatic carbocycles. The summed E-state index contributed by atoms with van der Waals surface area (Å²) in [5, 5.41) is 1.02. The van der Waals surface area contributed by atoms with Gasteiger partial charge in [-0.2, -0.15) is 0 Å². The third kappa shape index (κ3) is 2.09. The highest BCUT2D eigenvalue weighted by atomic mass is 79.9. The average molecular weight is 307 g/mol. The van der Waals surface area contributed by atoms with Gasteiger partial charge in [0.05, 0.1) is 10.7 Å². The van der Waals surface area contributed by atoms with Crippen LogP contribution >= 0.6 is 27.5 Å². The van der Waals surface area contributed by atoms with E-state index in [0.717, 1.165) is 5.33 Å². The molecule has 86 valence electrons. The van der Waals surface area contributed by atoms with Crippen molar-refractivity contribution < 1.29 is 9.18 Å². The molecule has 1 aliphatic heterocycles. The minimum Gasteiger partial charge on any atom is -0.308 e. The van der Waals surface area contributed by atoms with E-state index in [-0.39, 0.29) is 22.5 Å². The summed E-state index contributed by atoms with van der Waals surface area (Å²) in [6.07, 6.45) is 0.440. The predicted molar refractivity (Wildman–Crippen MR) is 65.7 cm³/mol. The number of nitrogens with zero attached hydrogens (tertiary/aromatic N) is 1. The lowest BCUT2D eigenvalue weighted by atomic mass is 10.2. The van der Waals surface area contributed by atoms with Crippen LogP contribution in [0.4, 0.5) is 10.1 Å². The number of amides is 1. The second kappa shape index (κ2) is 4.72. The number of para-hydroxylation sites is 1. The quantitative estimate of drug-likeness (QED) is 0.768. The zero-order valence-corrected chi connectivity index (χ0v) is 10.8. The summed E-state index contributed by atoms with van der Waals surface area (Å²) in [5.41, 5.74) is 0.206. The van der Waals surface area contributed by atoms with Crippen molar-refractivity contribution in [3.63, 3.8) is 0 Å². The van der Waals surface area contributed by atoms with Gasteiger partial charge in [0, 0.05) is 18.3 Å². The van der Waals surface area contributed by atoms with Crippen LogP contribution in [-0.4, -0.2) is 17.8 Å². The summed E-state index contributed by atoms with van der Waals surface area (Å²) in [7, 11) is 0. The second-order valence-corrected chi connectivity index (χ2v) is 4.85. The minimum atomic E-state index is -0.448. The van der Waals surface area contributed by atoms with Crippen LogP contribution in [0.2, 0.25) is 5.02 Å². The summed E-state index contributed by atoms with van der Waals surface area (Å²) in [5.74, 6) is -0.296. The molecule has 1 aromatic rings. The molecule has 0 aromatic heterocycles. The number of anilines is 1. The van der Waals surface area contributed by atoms with Crippen molar-refractivity contribution in [3.8, 4) is 0 Å². The SMILES string of the molecule is O=C1CC(CBr)CN1c1c(F)cccc1Cl. The highest BCUT2D eigenvalue weighted by Gasteiger charge is 2.32. The van der Waals surface area contributed by atoms with Gasteiger partial charge >= 0.3 is 0 Å². The third-order valence-corrected chi connectivity index (χ3v) is 3.85. The highest BCUT2D eigenvalue weighted by Crippen LogP contribution is 2.33. The molecular formula is C11H10BrClFNO. The van der Waals surface area contributed by atoms with Crippen molar-refractivity contribution in [3.05, 3.63) is 29.0 Å². The Morgan fingerprint density at radius 3 is 2.88 bits per heavy atom. The largest absolute Gasteiger partial charge is 0.308 e. The molecular weight excluding hydrogens is 296 g/mol. The molecule has 1 heterocycles. The first-order valence-corrected chi connectivity index (χ1v) is 6.43. The summed E-state index contributed by atoms with van der Waals surface area (Å²) < 4.78 is 13.6. The number of alkyl halides is 1. The topological polar surface area (TPSA) is 20.3 Å². The average Bonchev–Trinajstić information content (AvgIpc) is 2.60. The third-order valence-electron chi connectivity index (χ3n) is 2.63. The number of hydrogen-bond acceptors (Lipinski definition) is 1. The summed E-state index contributed by atoms with van der Waals surface area (Å²) in [4.78, 5) is 13.2. The number of carbonyl (C=O) groups is 1. The van der Waals surface area contributed by atoms with Crippen LogP contribution < -0.4 is 4.90 Å². The smallest absolute Gasteiger partial charge is 0.227 e. The molecule has 0 saturated carbocycles. The van der Waals surface area contributed by atoms with E-state index in [0.29, 0.717) is 13.0 Å². The normalized spacial score (nSPS) is 20.6. The van der Waals surface area contributed by atoms with Crippen LogP contribution in [0, 0.1) is 11.7 Å². The van der Waals surface area contributed by atoms with Gasteiger partial charge in [-0.25, -0.2) is 4.39 Å². The van der Waals surface area contributed by atoms with Crippen LogP contribution in [0.3, 0.4) is 0 Å². The molecule has 0 spiro atoms. The number of halogens is 3. The highest BCUT2D eigenvalue weighted by molar-refractivity contribution is 9.09. The Hall–Kier alpha value is -0.610. The summed E-state index contributed by atoms with van der Waals surface area (Å²) in [6.45, 7) is 0.519. The Morgan fingerprint density at radius 2 is 2.31 bits per heavy atom. The van der Waals surface area contributed by atoms with Gasteiger partial charge in [0.15, 0.2) is 0 Å². The fraction of sp³-hybridized carbons (Fsp3) is 0.364. The van der Waals surface area contributed by atoms with Crippen LogP contribution in [0.1, 0.15) is 6.42 Å². The van der Waals surface area contributed by atoms with E-state index in [2.05, 4.69) is 15.9 Å². The van der Waals surface area contributed by atoms with Crippen molar-refractivity contribution in [1.82, 2.24) is 0 Å². The fourth-order valence-electron chi connectivity index (χ4n) is 1.85. The molecule has 2 rings (SSSR count). The van der Waals surface area contributed by atoms with E-state index in [1.165, 1.54) is 17.0 Å². The van der Waals surface area contributed by atoms with E-state index in [4.69, 9.17) is 11.6 Å². The molecule has 1 unspecified atom stereocenters. The summed E-state index contributed by atoms with van der Waals surface area (Å²) in [6, 6.07) is 4.44. The molecule has 5 heteroatoms. The van der Waals surface area contributed by atoms with Gasteiger partial charge in [0.1, 0.15) is 5.82 Å². The van der Waals surface area contributed by atoms with Crippen molar-refractivity contribution in [2.45, 2.75) is 6.42 Å². The Balaban J connectivity index is 2.35. The monoisotopic (exact) mass is 305 g/mol.